The van der Waals surface area contributed by atoms with Gasteiger partial charge in [-0.3, -0.25) is 9.59 Å². The molecule has 0 radical (unpaired) electrons. The highest BCUT2D eigenvalue weighted by Gasteiger charge is 2.21. The number of halogens is 1. The van der Waals surface area contributed by atoms with E-state index in [-0.39, 0.29) is 30.1 Å². The highest BCUT2D eigenvalue weighted by molar-refractivity contribution is 6.05. The molecule has 2 aromatic rings. The summed E-state index contributed by atoms with van der Waals surface area (Å²) in [5, 5.41) is 5.80. The topological polar surface area (TPSA) is 84.2 Å². The highest BCUT2D eigenvalue weighted by atomic mass is 35.5. The monoisotopic (exact) mass is 373 g/mol. The van der Waals surface area contributed by atoms with Crippen molar-refractivity contribution < 1.29 is 9.59 Å². The summed E-state index contributed by atoms with van der Waals surface area (Å²) in [4.78, 5) is 24.6. The molecule has 26 heavy (non-hydrogen) atoms. The van der Waals surface area contributed by atoms with Gasteiger partial charge in [0, 0.05) is 28.5 Å². The van der Waals surface area contributed by atoms with E-state index in [9.17, 15) is 9.59 Å². The second kappa shape index (κ2) is 9.25. The molecule has 0 saturated heterocycles. The molecule has 3 rings (SSSR count). The normalized spacial score (nSPS) is 14.2. The first-order valence-corrected chi connectivity index (χ1v) is 8.69. The van der Waals surface area contributed by atoms with Crippen LogP contribution in [0.1, 0.15) is 42.5 Å². The third-order valence-corrected chi connectivity index (χ3v) is 4.51. The zero-order valence-corrected chi connectivity index (χ0v) is 15.4. The van der Waals surface area contributed by atoms with Crippen LogP contribution in [0.2, 0.25) is 0 Å². The van der Waals surface area contributed by atoms with E-state index in [4.69, 9.17) is 5.73 Å². The molecule has 0 heterocycles. The molecule has 1 aliphatic carbocycles. The molecule has 4 N–H and O–H groups in total. The van der Waals surface area contributed by atoms with Crippen molar-refractivity contribution in [3.05, 3.63) is 54.1 Å². The number of hydrogen-bond acceptors (Lipinski definition) is 3. The van der Waals surface area contributed by atoms with Gasteiger partial charge >= 0.3 is 0 Å². The SMILES string of the molecule is Cl.Nc1cccc(C(=O)Nc2cccc(NC(=O)C3CCCCC3)c2)c1. The first-order chi connectivity index (χ1) is 12.1. The Bertz CT molecular complexity index is 773. The fourth-order valence-electron chi connectivity index (χ4n) is 3.17. The lowest BCUT2D eigenvalue weighted by atomic mass is 9.88. The van der Waals surface area contributed by atoms with Gasteiger partial charge in [0.1, 0.15) is 0 Å². The average molecular weight is 374 g/mol. The summed E-state index contributed by atoms with van der Waals surface area (Å²) >= 11 is 0. The highest BCUT2D eigenvalue weighted by Crippen LogP contribution is 2.25. The number of carbonyl (C=O) groups excluding carboxylic acids is 2. The van der Waals surface area contributed by atoms with Crippen LogP contribution in [0.5, 0.6) is 0 Å². The van der Waals surface area contributed by atoms with Gasteiger partial charge in [-0.15, -0.1) is 12.4 Å². The number of carbonyl (C=O) groups is 2. The van der Waals surface area contributed by atoms with Crippen molar-refractivity contribution in [1.29, 1.82) is 0 Å². The van der Waals surface area contributed by atoms with Gasteiger partial charge in [0.15, 0.2) is 0 Å². The van der Waals surface area contributed by atoms with Gasteiger partial charge in [0.05, 0.1) is 0 Å². The molecule has 0 spiro atoms. The number of rotatable bonds is 4. The Balaban J connectivity index is 0.00000243. The molecule has 0 aliphatic heterocycles. The number of anilines is 3. The summed E-state index contributed by atoms with van der Waals surface area (Å²) in [7, 11) is 0. The molecule has 1 fully saturated rings. The van der Waals surface area contributed by atoms with Crippen LogP contribution in [-0.4, -0.2) is 11.8 Å². The Morgan fingerprint density at radius 3 is 2.23 bits per heavy atom. The summed E-state index contributed by atoms with van der Waals surface area (Å²) in [5.41, 5.74) is 8.08. The summed E-state index contributed by atoms with van der Waals surface area (Å²) in [6.45, 7) is 0. The van der Waals surface area contributed by atoms with E-state index in [2.05, 4.69) is 10.6 Å². The maximum Gasteiger partial charge on any atom is 0.255 e. The van der Waals surface area contributed by atoms with Crippen LogP contribution in [0.3, 0.4) is 0 Å². The Morgan fingerprint density at radius 1 is 0.885 bits per heavy atom. The summed E-state index contributed by atoms with van der Waals surface area (Å²) < 4.78 is 0. The zero-order chi connectivity index (χ0) is 17.6. The van der Waals surface area contributed by atoms with Crippen LogP contribution < -0.4 is 16.4 Å². The predicted molar refractivity (Wildman–Crippen MR) is 108 cm³/mol. The number of nitrogens with two attached hydrogens (primary N) is 1. The molecule has 5 nitrogen and oxygen atoms in total. The molecule has 138 valence electrons. The minimum atomic E-state index is -0.233. The number of nitrogen functional groups attached to an aromatic ring is 1. The van der Waals surface area contributed by atoms with E-state index in [1.54, 1.807) is 36.4 Å². The van der Waals surface area contributed by atoms with Crippen molar-refractivity contribution in [2.45, 2.75) is 32.1 Å². The molecular weight excluding hydrogens is 350 g/mol. The van der Waals surface area contributed by atoms with Crippen LogP contribution >= 0.6 is 12.4 Å². The fraction of sp³-hybridized carbons (Fsp3) is 0.300. The van der Waals surface area contributed by atoms with Gasteiger partial charge < -0.3 is 16.4 Å². The van der Waals surface area contributed by atoms with Crippen molar-refractivity contribution in [3.63, 3.8) is 0 Å². The maximum absolute atomic E-state index is 12.3. The quantitative estimate of drug-likeness (QED) is 0.691. The molecule has 2 amide bonds. The molecular formula is C20H24ClN3O2. The van der Waals surface area contributed by atoms with Crippen LogP contribution in [0.25, 0.3) is 0 Å². The Hall–Kier alpha value is -2.53. The maximum atomic E-state index is 12.3. The third-order valence-electron chi connectivity index (χ3n) is 4.51. The summed E-state index contributed by atoms with van der Waals surface area (Å²) in [5.74, 6) is -0.0682. The molecule has 2 aromatic carbocycles. The summed E-state index contributed by atoms with van der Waals surface area (Å²) in [6.07, 6.45) is 5.37. The van der Waals surface area contributed by atoms with Crippen molar-refractivity contribution >= 4 is 41.3 Å². The third kappa shape index (κ3) is 5.23. The zero-order valence-electron chi connectivity index (χ0n) is 14.5. The van der Waals surface area contributed by atoms with Crippen molar-refractivity contribution in [1.82, 2.24) is 0 Å². The molecule has 6 heteroatoms. The molecule has 1 saturated carbocycles. The second-order valence-corrected chi connectivity index (χ2v) is 6.48. The molecule has 0 bridgehead atoms. The fourth-order valence-corrected chi connectivity index (χ4v) is 3.17. The summed E-state index contributed by atoms with van der Waals surface area (Å²) in [6, 6.07) is 14.0. The Morgan fingerprint density at radius 2 is 1.54 bits per heavy atom. The van der Waals surface area contributed by atoms with E-state index in [0.717, 1.165) is 25.7 Å². The first-order valence-electron chi connectivity index (χ1n) is 8.69. The number of benzene rings is 2. The number of nitrogens with one attached hydrogen (secondary N) is 2. The van der Waals surface area contributed by atoms with Gasteiger partial charge in [-0.1, -0.05) is 31.4 Å². The largest absolute Gasteiger partial charge is 0.399 e. The molecule has 0 aromatic heterocycles. The van der Waals surface area contributed by atoms with Gasteiger partial charge in [0.25, 0.3) is 5.91 Å². The van der Waals surface area contributed by atoms with E-state index in [0.29, 0.717) is 22.6 Å². The number of amides is 2. The van der Waals surface area contributed by atoms with Gasteiger partial charge in [-0.2, -0.15) is 0 Å². The van der Waals surface area contributed by atoms with Gasteiger partial charge in [-0.05, 0) is 49.2 Å². The predicted octanol–water partition coefficient (Wildman–Crippen LogP) is 4.46. The van der Waals surface area contributed by atoms with Crippen molar-refractivity contribution in [3.8, 4) is 0 Å². The van der Waals surface area contributed by atoms with E-state index < -0.39 is 0 Å². The lowest BCUT2D eigenvalue weighted by Crippen LogP contribution is -2.24. The van der Waals surface area contributed by atoms with E-state index in [1.807, 2.05) is 12.1 Å². The smallest absolute Gasteiger partial charge is 0.255 e. The van der Waals surface area contributed by atoms with Gasteiger partial charge in [-0.25, -0.2) is 0 Å². The molecule has 0 unspecified atom stereocenters. The van der Waals surface area contributed by atoms with E-state index >= 15 is 0 Å². The van der Waals surface area contributed by atoms with Crippen LogP contribution in [0.4, 0.5) is 17.1 Å². The average Bonchev–Trinajstić information content (AvgIpc) is 2.63. The minimum Gasteiger partial charge on any atom is -0.399 e. The van der Waals surface area contributed by atoms with Crippen molar-refractivity contribution in [2.24, 2.45) is 5.92 Å². The van der Waals surface area contributed by atoms with E-state index in [1.165, 1.54) is 6.42 Å². The second-order valence-electron chi connectivity index (χ2n) is 6.48. The molecule has 0 atom stereocenters. The lowest BCUT2D eigenvalue weighted by Gasteiger charge is -2.20. The Labute approximate surface area is 159 Å². The lowest BCUT2D eigenvalue weighted by molar-refractivity contribution is -0.120. The van der Waals surface area contributed by atoms with Crippen molar-refractivity contribution in [2.75, 3.05) is 16.4 Å². The molecule has 1 aliphatic rings. The Kier molecular flexibility index (Phi) is 7.04. The van der Waals surface area contributed by atoms with Crippen LogP contribution in [0.15, 0.2) is 48.5 Å². The van der Waals surface area contributed by atoms with Gasteiger partial charge in [0.2, 0.25) is 5.91 Å². The van der Waals surface area contributed by atoms with Crippen LogP contribution in [0, 0.1) is 5.92 Å². The number of hydrogen-bond donors (Lipinski definition) is 3. The minimum absolute atomic E-state index is 0. The standard InChI is InChI=1S/C20H23N3O2.ClH/c21-16-9-4-8-15(12-16)20(25)23-18-11-5-10-17(13-18)22-19(24)14-6-2-1-3-7-14;/h4-5,8-14H,1-3,6-7,21H2,(H,22,24)(H,23,25);1H. The van der Waals surface area contributed by atoms with Crippen LogP contribution in [-0.2, 0) is 4.79 Å². The first kappa shape index (κ1) is 19.8.